The SMILES string of the molecule is CCSC1CCC(NCc2ccoc2C(=O)O)C1. The number of hydrogen-bond donors (Lipinski definition) is 2. The molecule has 1 aromatic rings. The van der Waals surface area contributed by atoms with Crippen LogP contribution < -0.4 is 5.32 Å². The zero-order valence-electron chi connectivity index (χ0n) is 10.5. The lowest BCUT2D eigenvalue weighted by molar-refractivity contribution is 0.0660. The highest BCUT2D eigenvalue weighted by atomic mass is 32.2. The van der Waals surface area contributed by atoms with Crippen LogP contribution >= 0.6 is 11.8 Å². The van der Waals surface area contributed by atoms with Crippen molar-refractivity contribution in [2.24, 2.45) is 0 Å². The van der Waals surface area contributed by atoms with Crippen LogP contribution in [-0.2, 0) is 6.54 Å². The molecule has 2 unspecified atom stereocenters. The number of nitrogens with one attached hydrogen (secondary N) is 1. The summed E-state index contributed by atoms with van der Waals surface area (Å²) in [6.45, 7) is 2.77. The van der Waals surface area contributed by atoms with Gasteiger partial charge in [0.25, 0.3) is 0 Å². The summed E-state index contributed by atoms with van der Waals surface area (Å²) in [5.41, 5.74) is 0.731. The first-order chi connectivity index (χ1) is 8.70. The molecule has 4 nitrogen and oxygen atoms in total. The van der Waals surface area contributed by atoms with Gasteiger partial charge in [-0.3, -0.25) is 0 Å². The van der Waals surface area contributed by atoms with Gasteiger partial charge in [0.05, 0.1) is 6.26 Å². The number of carboxylic acid groups (broad SMARTS) is 1. The Kier molecular flexibility index (Phi) is 4.72. The molecule has 1 fully saturated rings. The zero-order chi connectivity index (χ0) is 13.0. The van der Waals surface area contributed by atoms with E-state index in [0.29, 0.717) is 12.6 Å². The van der Waals surface area contributed by atoms with E-state index in [-0.39, 0.29) is 5.76 Å². The molecule has 1 saturated carbocycles. The van der Waals surface area contributed by atoms with Gasteiger partial charge in [-0.15, -0.1) is 0 Å². The van der Waals surface area contributed by atoms with Gasteiger partial charge in [0.1, 0.15) is 0 Å². The van der Waals surface area contributed by atoms with E-state index in [2.05, 4.69) is 12.2 Å². The summed E-state index contributed by atoms with van der Waals surface area (Å²) in [6, 6.07) is 2.23. The molecule has 2 rings (SSSR count). The molecule has 0 radical (unpaired) electrons. The maximum atomic E-state index is 10.9. The van der Waals surface area contributed by atoms with E-state index in [9.17, 15) is 4.79 Å². The first-order valence-corrected chi connectivity index (χ1v) is 7.40. The third-order valence-electron chi connectivity index (χ3n) is 3.31. The number of thioether (sulfide) groups is 1. The molecule has 18 heavy (non-hydrogen) atoms. The van der Waals surface area contributed by atoms with E-state index in [1.54, 1.807) is 6.07 Å². The second kappa shape index (κ2) is 6.29. The second-order valence-electron chi connectivity index (χ2n) is 4.55. The third-order valence-corrected chi connectivity index (χ3v) is 4.54. The van der Waals surface area contributed by atoms with E-state index < -0.39 is 5.97 Å². The van der Waals surface area contributed by atoms with E-state index in [4.69, 9.17) is 9.52 Å². The lowest BCUT2D eigenvalue weighted by atomic mass is 10.2. The molecule has 1 aromatic heterocycles. The number of carboxylic acids is 1. The van der Waals surface area contributed by atoms with Crippen molar-refractivity contribution in [3.8, 4) is 0 Å². The van der Waals surface area contributed by atoms with Crippen LogP contribution in [0.1, 0.15) is 42.3 Å². The highest BCUT2D eigenvalue weighted by Gasteiger charge is 2.24. The van der Waals surface area contributed by atoms with Crippen LogP contribution in [0.2, 0.25) is 0 Å². The van der Waals surface area contributed by atoms with Crippen LogP contribution in [0.25, 0.3) is 0 Å². The summed E-state index contributed by atoms with van der Waals surface area (Å²) in [4.78, 5) is 10.9. The average molecular weight is 269 g/mol. The minimum absolute atomic E-state index is 0.0555. The summed E-state index contributed by atoms with van der Waals surface area (Å²) in [6.07, 6.45) is 5.05. The standard InChI is InChI=1S/C13H19NO3S/c1-2-18-11-4-3-10(7-11)14-8-9-5-6-17-12(9)13(15)16/h5-6,10-11,14H,2-4,7-8H2,1H3,(H,15,16). The fourth-order valence-electron chi connectivity index (χ4n) is 2.43. The van der Waals surface area contributed by atoms with Gasteiger partial charge in [0.2, 0.25) is 5.76 Å². The Hall–Kier alpha value is -0.940. The molecule has 2 atom stereocenters. The van der Waals surface area contributed by atoms with E-state index in [1.807, 2.05) is 11.8 Å². The normalized spacial score (nSPS) is 23.4. The van der Waals surface area contributed by atoms with Crippen molar-refractivity contribution in [1.29, 1.82) is 0 Å². The molecule has 100 valence electrons. The van der Waals surface area contributed by atoms with Crippen molar-refractivity contribution in [3.05, 3.63) is 23.7 Å². The highest BCUT2D eigenvalue weighted by molar-refractivity contribution is 7.99. The van der Waals surface area contributed by atoms with Crippen LogP contribution in [0.5, 0.6) is 0 Å². The molecule has 0 bridgehead atoms. The van der Waals surface area contributed by atoms with Gasteiger partial charge in [-0.05, 0) is 31.1 Å². The lowest BCUT2D eigenvalue weighted by Gasteiger charge is -2.12. The van der Waals surface area contributed by atoms with Crippen LogP contribution in [-0.4, -0.2) is 28.1 Å². The Labute approximate surface area is 111 Å². The van der Waals surface area contributed by atoms with Gasteiger partial charge in [0.15, 0.2) is 0 Å². The van der Waals surface area contributed by atoms with Crippen molar-refractivity contribution >= 4 is 17.7 Å². The molecule has 1 aliphatic rings. The van der Waals surface area contributed by atoms with Crippen LogP contribution in [0.15, 0.2) is 16.7 Å². The molecule has 1 heterocycles. The Morgan fingerprint density at radius 2 is 2.44 bits per heavy atom. The van der Waals surface area contributed by atoms with Crippen LogP contribution in [0.4, 0.5) is 0 Å². The molecular formula is C13H19NO3S. The van der Waals surface area contributed by atoms with Gasteiger partial charge in [-0.25, -0.2) is 4.79 Å². The number of rotatable bonds is 6. The number of furan rings is 1. The highest BCUT2D eigenvalue weighted by Crippen LogP contribution is 2.29. The fourth-order valence-corrected chi connectivity index (χ4v) is 3.57. The van der Waals surface area contributed by atoms with Crippen molar-refractivity contribution in [3.63, 3.8) is 0 Å². The van der Waals surface area contributed by atoms with Gasteiger partial charge in [-0.2, -0.15) is 11.8 Å². The molecule has 0 amide bonds. The number of hydrogen-bond acceptors (Lipinski definition) is 4. The van der Waals surface area contributed by atoms with Crippen molar-refractivity contribution in [1.82, 2.24) is 5.32 Å². The molecule has 2 N–H and O–H groups in total. The van der Waals surface area contributed by atoms with Crippen molar-refractivity contribution < 1.29 is 14.3 Å². The molecular weight excluding hydrogens is 250 g/mol. The summed E-state index contributed by atoms with van der Waals surface area (Å²) in [7, 11) is 0. The average Bonchev–Trinajstić information content (AvgIpc) is 2.95. The largest absolute Gasteiger partial charge is 0.475 e. The quantitative estimate of drug-likeness (QED) is 0.831. The Morgan fingerprint density at radius 3 is 3.17 bits per heavy atom. The Bertz CT molecular complexity index is 405. The Balaban J connectivity index is 1.82. The minimum atomic E-state index is -0.998. The first kappa shape index (κ1) is 13.5. The maximum Gasteiger partial charge on any atom is 0.372 e. The van der Waals surface area contributed by atoms with Gasteiger partial charge >= 0.3 is 5.97 Å². The molecule has 0 saturated heterocycles. The van der Waals surface area contributed by atoms with Crippen LogP contribution in [0, 0.1) is 0 Å². The van der Waals surface area contributed by atoms with E-state index >= 15 is 0 Å². The van der Waals surface area contributed by atoms with Crippen molar-refractivity contribution in [2.45, 2.75) is 44.0 Å². The maximum absolute atomic E-state index is 10.9. The van der Waals surface area contributed by atoms with Crippen molar-refractivity contribution in [2.75, 3.05) is 5.75 Å². The summed E-state index contributed by atoms with van der Waals surface area (Å²) in [5, 5.41) is 13.1. The summed E-state index contributed by atoms with van der Waals surface area (Å²) >= 11 is 2.02. The summed E-state index contributed by atoms with van der Waals surface area (Å²) < 4.78 is 4.96. The summed E-state index contributed by atoms with van der Waals surface area (Å²) in [5.74, 6) is 0.227. The van der Waals surface area contributed by atoms with Gasteiger partial charge < -0.3 is 14.8 Å². The third kappa shape index (κ3) is 3.29. The monoisotopic (exact) mass is 269 g/mol. The predicted molar refractivity (Wildman–Crippen MR) is 72.1 cm³/mol. The molecule has 1 aliphatic carbocycles. The molecule has 0 aromatic carbocycles. The smallest absolute Gasteiger partial charge is 0.372 e. The number of carbonyl (C=O) groups is 1. The predicted octanol–water partition coefficient (Wildman–Crippen LogP) is 2.74. The fraction of sp³-hybridized carbons (Fsp3) is 0.615. The van der Waals surface area contributed by atoms with E-state index in [1.165, 1.54) is 31.3 Å². The Morgan fingerprint density at radius 1 is 1.61 bits per heavy atom. The first-order valence-electron chi connectivity index (χ1n) is 6.35. The number of aromatic carboxylic acids is 1. The molecule has 0 spiro atoms. The van der Waals surface area contributed by atoms with E-state index in [0.717, 1.165) is 10.8 Å². The van der Waals surface area contributed by atoms with Crippen LogP contribution in [0.3, 0.4) is 0 Å². The molecule has 0 aliphatic heterocycles. The minimum Gasteiger partial charge on any atom is -0.475 e. The second-order valence-corrected chi connectivity index (χ2v) is 6.13. The zero-order valence-corrected chi connectivity index (χ0v) is 11.3. The van der Waals surface area contributed by atoms with Gasteiger partial charge in [0, 0.05) is 23.4 Å². The lowest BCUT2D eigenvalue weighted by Crippen LogP contribution is -2.26. The van der Waals surface area contributed by atoms with Gasteiger partial charge in [-0.1, -0.05) is 6.92 Å². The molecule has 5 heteroatoms. The topological polar surface area (TPSA) is 62.5 Å².